The van der Waals surface area contributed by atoms with E-state index in [0.717, 1.165) is 0 Å². The van der Waals surface area contributed by atoms with Crippen LogP contribution in [0.2, 0.25) is 0 Å². The van der Waals surface area contributed by atoms with Crippen LogP contribution in [0.15, 0.2) is 46.9 Å². The number of halogens is 1. The molecule has 1 aliphatic rings. The number of anilines is 1. The first-order chi connectivity index (χ1) is 13.0. The Bertz CT molecular complexity index is 1030. The molecule has 2 aromatic carbocycles. The van der Waals surface area contributed by atoms with Gasteiger partial charge in [0.2, 0.25) is 11.8 Å². The van der Waals surface area contributed by atoms with Gasteiger partial charge in [-0.25, -0.2) is 9.37 Å². The van der Waals surface area contributed by atoms with Crippen LogP contribution in [0.5, 0.6) is 0 Å². The lowest BCUT2D eigenvalue weighted by atomic mass is 10.1. The summed E-state index contributed by atoms with van der Waals surface area (Å²) in [5, 5.41) is 2.72. The van der Waals surface area contributed by atoms with Crippen molar-refractivity contribution in [2.45, 2.75) is 19.9 Å². The van der Waals surface area contributed by atoms with E-state index in [1.807, 2.05) is 0 Å². The summed E-state index contributed by atoms with van der Waals surface area (Å²) in [7, 11) is 0. The molecule has 2 amide bonds. The molecule has 4 rings (SSSR count). The fraction of sp³-hybridized carbons (Fsp3) is 0.250. The molecule has 1 saturated heterocycles. The number of nitrogens with one attached hydrogen (secondary N) is 1. The van der Waals surface area contributed by atoms with E-state index in [1.165, 1.54) is 6.07 Å². The van der Waals surface area contributed by atoms with Crippen molar-refractivity contribution >= 4 is 28.6 Å². The lowest BCUT2D eigenvalue weighted by molar-refractivity contribution is -0.126. The Labute approximate surface area is 155 Å². The second-order valence-corrected chi connectivity index (χ2v) is 6.60. The molecule has 27 heavy (non-hydrogen) atoms. The molecule has 0 unspecified atom stereocenters. The molecular formula is C20H18FN3O3. The van der Waals surface area contributed by atoms with Crippen LogP contribution in [-0.4, -0.2) is 23.3 Å². The Balaban J connectivity index is 1.44. The number of aryl methyl sites for hydroxylation is 1. The van der Waals surface area contributed by atoms with Crippen LogP contribution in [-0.2, 0) is 16.1 Å². The third-order valence-electron chi connectivity index (χ3n) is 4.70. The van der Waals surface area contributed by atoms with Gasteiger partial charge in [0.25, 0.3) is 0 Å². The first kappa shape index (κ1) is 17.2. The maximum Gasteiger partial charge on any atom is 0.227 e. The maximum absolute atomic E-state index is 13.7. The molecular weight excluding hydrogens is 349 g/mol. The number of hydrogen-bond donors (Lipinski definition) is 1. The fourth-order valence-electron chi connectivity index (χ4n) is 3.30. The standard InChI is InChI=1S/C20H18FN3O3/c1-12-23-17-9-15(6-7-18(17)27-12)24-11-14(8-19(24)25)20(26)22-10-13-4-2-3-5-16(13)21/h2-7,9,14H,8,10-11H2,1H3,(H,22,26)/t14-/m1/s1. The molecule has 1 fully saturated rings. The Morgan fingerprint density at radius 2 is 2.15 bits per heavy atom. The van der Waals surface area contributed by atoms with Gasteiger partial charge in [-0.3, -0.25) is 9.59 Å². The average molecular weight is 367 g/mol. The van der Waals surface area contributed by atoms with Crippen molar-refractivity contribution in [1.82, 2.24) is 10.3 Å². The fourth-order valence-corrected chi connectivity index (χ4v) is 3.30. The molecule has 0 saturated carbocycles. The Morgan fingerprint density at radius 1 is 1.33 bits per heavy atom. The summed E-state index contributed by atoms with van der Waals surface area (Å²) in [5.41, 5.74) is 2.43. The molecule has 1 aromatic heterocycles. The predicted octanol–water partition coefficient (Wildman–Crippen LogP) is 2.94. The lowest BCUT2D eigenvalue weighted by Gasteiger charge is -2.16. The molecule has 0 aliphatic carbocycles. The van der Waals surface area contributed by atoms with E-state index in [0.29, 0.717) is 28.2 Å². The van der Waals surface area contributed by atoms with Gasteiger partial charge < -0.3 is 14.6 Å². The zero-order chi connectivity index (χ0) is 19.0. The number of oxazole rings is 1. The highest BCUT2D eigenvalue weighted by molar-refractivity contribution is 6.01. The Kier molecular flexibility index (Phi) is 4.35. The van der Waals surface area contributed by atoms with E-state index in [9.17, 15) is 14.0 Å². The van der Waals surface area contributed by atoms with E-state index < -0.39 is 5.92 Å². The third-order valence-corrected chi connectivity index (χ3v) is 4.70. The Morgan fingerprint density at radius 3 is 2.96 bits per heavy atom. The number of rotatable bonds is 4. The SMILES string of the molecule is Cc1nc2cc(N3C[C@H](C(=O)NCc4ccccc4F)CC3=O)ccc2o1. The number of fused-ring (bicyclic) bond motifs is 1. The number of aromatic nitrogens is 1. The van der Waals surface area contributed by atoms with E-state index in [-0.39, 0.29) is 37.1 Å². The van der Waals surface area contributed by atoms with E-state index >= 15 is 0 Å². The van der Waals surface area contributed by atoms with Crippen LogP contribution in [0.3, 0.4) is 0 Å². The minimum Gasteiger partial charge on any atom is -0.441 e. The largest absolute Gasteiger partial charge is 0.441 e. The summed E-state index contributed by atoms with van der Waals surface area (Å²) in [6.45, 7) is 2.14. The highest BCUT2D eigenvalue weighted by Gasteiger charge is 2.35. The van der Waals surface area contributed by atoms with Crippen molar-refractivity contribution in [3.63, 3.8) is 0 Å². The van der Waals surface area contributed by atoms with Gasteiger partial charge >= 0.3 is 0 Å². The van der Waals surface area contributed by atoms with Crippen LogP contribution in [0.25, 0.3) is 11.1 Å². The molecule has 1 aliphatic heterocycles. The summed E-state index contributed by atoms with van der Waals surface area (Å²) < 4.78 is 19.1. The minimum atomic E-state index is -0.473. The molecule has 1 N–H and O–H groups in total. The van der Waals surface area contributed by atoms with Gasteiger partial charge in [0.15, 0.2) is 11.5 Å². The zero-order valence-corrected chi connectivity index (χ0v) is 14.7. The van der Waals surface area contributed by atoms with Gasteiger partial charge in [0.1, 0.15) is 11.3 Å². The van der Waals surface area contributed by atoms with Crippen molar-refractivity contribution in [3.05, 3.63) is 59.7 Å². The number of nitrogens with zero attached hydrogens (tertiary/aromatic N) is 2. The van der Waals surface area contributed by atoms with Gasteiger partial charge in [-0.15, -0.1) is 0 Å². The molecule has 3 aromatic rings. The highest BCUT2D eigenvalue weighted by Crippen LogP contribution is 2.28. The molecule has 7 heteroatoms. The molecule has 1 atom stereocenters. The van der Waals surface area contributed by atoms with Crippen LogP contribution in [0.4, 0.5) is 10.1 Å². The number of carbonyl (C=O) groups is 2. The number of hydrogen-bond acceptors (Lipinski definition) is 4. The van der Waals surface area contributed by atoms with E-state index in [4.69, 9.17) is 4.42 Å². The third kappa shape index (κ3) is 3.40. The summed E-state index contributed by atoms with van der Waals surface area (Å²) >= 11 is 0. The van der Waals surface area contributed by atoms with Crippen molar-refractivity contribution in [2.24, 2.45) is 5.92 Å². The first-order valence-electron chi connectivity index (χ1n) is 8.70. The zero-order valence-electron chi connectivity index (χ0n) is 14.7. The topological polar surface area (TPSA) is 75.4 Å². The molecule has 6 nitrogen and oxygen atoms in total. The summed E-state index contributed by atoms with van der Waals surface area (Å²) in [5.74, 6) is -0.662. The van der Waals surface area contributed by atoms with Gasteiger partial charge in [-0.1, -0.05) is 18.2 Å². The quantitative estimate of drug-likeness (QED) is 0.769. The van der Waals surface area contributed by atoms with E-state index in [1.54, 1.807) is 48.2 Å². The second-order valence-electron chi connectivity index (χ2n) is 6.60. The number of carbonyl (C=O) groups excluding carboxylic acids is 2. The van der Waals surface area contributed by atoms with Crippen LogP contribution < -0.4 is 10.2 Å². The maximum atomic E-state index is 13.7. The van der Waals surface area contributed by atoms with Crippen LogP contribution in [0.1, 0.15) is 17.9 Å². The molecule has 0 bridgehead atoms. The van der Waals surface area contributed by atoms with Crippen molar-refractivity contribution in [1.29, 1.82) is 0 Å². The smallest absolute Gasteiger partial charge is 0.227 e. The van der Waals surface area contributed by atoms with E-state index in [2.05, 4.69) is 10.3 Å². The predicted molar refractivity (Wildman–Crippen MR) is 97.5 cm³/mol. The minimum absolute atomic E-state index is 0.0976. The lowest BCUT2D eigenvalue weighted by Crippen LogP contribution is -2.32. The van der Waals surface area contributed by atoms with Gasteiger partial charge in [0.05, 0.1) is 5.92 Å². The second kappa shape index (κ2) is 6.83. The van der Waals surface area contributed by atoms with Gasteiger partial charge in [-0.05, 0) is 24.3 Å². The van der Waals surface area contributed by atoms with Crippen molar-refractivity contribution in [2.75, 3.05) is 11.4 Å². The Hall–Kier alpha value is -3.22. The monoisotopic (exact) mass is 367 g/mol. The number of benzene rings is 2. The molecule has 2 heterocycles. The highest BCUT2D eigenvalue weighted by atomic mass is 19.1. The summed E-state index contributed by atoms with van der Waals surface area (Å²) in [6, 6.07) is 11.6. The molecule has 0 spiro atoms. The summed E-state index contributed by atoms with van der Waals surface area (Å²) in [6.07, 6.45) is 0.124. The average Bonchev–Trinajstić information content (AvgIpc) is 3.21. The van der Waals surface area contributed by atoms with Crippen LogP contribution in [0, 0.1) is 18.7 Å². The van der Waals surface area contributed by atoms with Gasteiger partial charge in [0, 0.05) is 37.7 Å². The van der Waals surface area contributed by atoms with Crippen molar-refractivity contribution in [3.8, 4) is 0 Å². The van der Waals surface area contributed by atoms with Crippen LogP contribution >= 0.6 is 0 Å². The number of amides is 2. The van der Waals surface area contributed by atoms with Gasteiger partial charge in [-0.2, -0.15) is 0 Å². The molecule has 138 valence electrons. The summed E-state index contributed by atoms with van der Waals surface area (Å²) in [4.78, 5) is 30.7. The molecule has 0 radical (unpaired) electrons. The first-order valence-corrected chi connectivity index (χ1v) is 8.70. The van der Waals surface area contributed by atoms with Crippen molar-refractivity contribution < 1.29 is 18.4 Å². The normalized spacial score (nSPS) is 16.9.